The zero-order valence-electron chi connectivity index (χ0n) is 10.5. The lowest BCUT2D eigenvalue weighted by Crippen LogP contribution is -2.28. The van der Waals surface area contributed by atoms with Gasteiger partial charge in [0.15, 0.2) is 0 Å². The molecule has 0 aliphatic rings. The molecule has 0 amide bonds. The Bertz CT molecular complexity index is 342. The first-order chi connectivity index (χ1) is 8.00. The second kappa shape index (κ2) is 6.49. The maximum atomic E-state index is 12.3. The molecular formula is C12H19F2N3. The Morgan fingerprint density at radius 3 is 2.71 bits per heavy atom. The molecule has 1 N–H and O–H groups in total. The van der Waals surface area contributed by atoms with Crippen LogP contribution in [-0.4, -0.2) is 31.0 Å². The van der Waals surface area contributed by atoms with Gasteiger partial charge in [-0.1, -0.05) is 19.9 Å². The Balaban J connectivity index is 2.76. The smallest absolute Gasteiger partial charge is 0.255 e. The van der Waals surface area contributed by atoms with Crippen LogP contribution < -0.4 is 10.2 Å². The van der Waals surface area contributed by atoms with Crippen LogP contribution in [0.15, 0.2) is 18.3 Å². The van der Waals surface area contributed by atoms with E-state index in [0.717, 1.165) is 5.56 Å². The second-order valence-corrected chi connectivity index (χ2v) is 4.29. The van der Waals surface area contributed by atoms with E-state index in [0.29, 0.717) is 18.4 Å². The summed E-state index contributed by atoms with van der Waals surface area (Å²) in [6.07, 6.45) is -0.733. The molecule has 0 saturated carbocycles. The first-order valence-corrected chi connectivity index (χ1v) is 5.67. The molecule has 1 rings (SSSR count). The molecule has 0 unspecified atom stereocenters. The van der Waals surface area contributed by atoms with E-state index in [4.69, 9.17) is 0 Å². The summed E-state index contributed by atoms with van der Waals surface area (Å²) in [6, 6.07) is 4.07. The number of hydrogen-bond acceptors (Lipinski definition) is 3. The number of anilines is 1. The van der Waals surface area contributed by atoms with Crippen molar-refractivity contribution in [3.63, 3.8) is 0 Å². The van der Waals surface area contributed by atoms with Crippen LogP contribution in [0.1, 0.15) is 19.4 Å². The van der Waals surface area contributed by atoms with Crippen molar-refractivity contribution in [3.8, 4) is 0 Å². The SMILES string of the molecule is CC(C)NCc1cccnc1N(C)CC(F)F. The average molecular weight is 243 g/mol. The predicted molar refractivity (Wildman–Crippen MR) is 65.5 cm³/mol. The number of rotatable bonds is 6. The van der Waals surface area contributed by atoms with Crippen LogP contribution in [-0.2, 0) is 6.54 Å². The molecule has 0 aromatic carbocycles. The highest BCUT2D eigenvalue weighted by atomic mass is 19.3. The van der Waals surface area contributed by atoms with Crippen LogP contribution in [0, 0.1) is 0 Å². The minimum atomic E-state index is -2.35. The third-order valence-corrected chi connectivity index (χ3v) is 2.34. The second-order valence-electron chi connectivity index (χ2n) is 4.29. The maximum Gasteiger partial charge on any atom is 0.255 e. The normalized spacial score (nSPS) is 11.2. The summed E-state index contributed by atoms with van der Waals surface area (Å²) in [5.74, 6) is 0.612. The number of aromatic nitrogens is 1. The van der Waals surface area contributed by atoms with Gasteiger partial charge in [-0.3, -0.25) is 0 Å². The zero-order chi connectivity index (χ0) is 12.8. The molecule has 0 saturated heterocycles. The third-order valence-electron chi connectivity index (χ3n) is 2.34. The summed E-state index contributed by atoms with van der Waals surface area (Å²) in [7, 11) is 1.63. The minimum absolute atomic E-state index is 0.300. The first kappa shape index (κ1) is 13.8. The van der Waals surface area contributed by atoms with Crippen molar-refractivity contribution in [2.45, 2.75) is 32.9 Å². The minimum Gasteiger partial charge on any atom is -0.354 e. The molecule has 1 aromatic heterocycles. The van der Waals surface area contributed by atoms with E-state index in [9.17, 15) is 8.78 Å². The molecule has 0 aliphatic heterocycles. The van der Waals surface area contributed by atoms with Gasteiger partial charge in [0, 0.05) is 31.4 Å². The van der Waals surface area contributed by atoms with Gasteiger partial charge in [0.1, 0.15) is 5.82 Å². The highest BCUT2D eigenvalue weighted by Crippen LogP contribution is 2.16. The van der Waals surface area contributed by atoms with Crippen LogP contribution in [0.5, 0.6) is 0 Å². The highest BCUT2D eigenvalue weighted by Gasteiger charge is 2.13. The van der Waals surface area contributed by atoms with E-state index in [-0.39, 0.29) is 6.54 Å². The van der Waals surface area contributed by atoms with Crippen LogP contribution in [0.2, 0.25) is 0 Å². The number of halogens is 2. The molecule has 1 heterocycles. The van der Waals surface area contributed by atoms with Gasteiger partial charge in [-0.2, -0.15) is 0 Å². The van der Waals surface area contributed by atoms with Gasteiger partial charge in [0.25, 0.3) is 6.43 Å². The van der Waals surface area contributed by atoms with Gasteiger partial charge in [-0.15, -0.1) is 0 Å². The Labute approximate surface area is 101 Å². The molecule has 3 nitrogen and oxygen atoms in total. The topological polar surface area (TPSA) is 28.2 Å². The Morgan fingerprint density at radius 1 is 1.41 bits per heavy atom. The molecule has 0 radical (unpaired) electrons. The van der Waals surface area contributed by atoms with Gasteiger partial charge in [-0.25, -0.2) is 13.8 Å². The summed E-state index contributed by atoms with van der Waals surface area (Å²) >= 11 is 0. The Kier molecular flexibility index (Phi) is 5.28. The van der Waals surface area contributed by atoms with Crippen LogP contribution in [0.25, 0.3) is 0 Å². The number of pyridine rings is 1. The molecule has 0 aliphatic carbocycles. The van der Waals surface area contributed by atoms with Gasteiger partial charge in [0.05, 0.1) is 6.54 Å². The van der Waals surface area contributed by atoms with Gasteiger partial charge in [0.2, 0.25) is 0 Å². The molecular weight excluding hydrogens is 224 g/mol. The molecule has 5 heteroatoms. The molecule has 96 valence electrons. The summed E-state index contributed by atoms with van der Waals surface area (Å²) in [5.41, 5.74) is 0.935. The van der Waals surface area contributed by atoms with E-state index < -0.39 is 6.43 Å². The van der Waals surface area contributed by atoms with Crippen molar-refractivity contribution < 1.29 is 8.78 Å². The Morgan fingerprint density at radius 2 is 2.12 bits per heavy atom. The van der Waals surface area contributed by atoms with E-state index in [1.165, 1.54) is 4.90 Å². The number of alkyl halides is 2. The lowest BCUT2D eigenvalue weighted by atomic mass is 10.2. The Hall–Kier alpha value is -1.23. The van der Waals surface area contributed by atoms with E-state index in [1.54, 1.807) is 13.2 Å². The summed E-state index contributed by atoms with van der Waals surface area (Å²) < 4.78 is 24.7. The molecule has 0 atom stereocenters. The van der Waals surface area contributed by atoms with Crippen molar-refractivity contribution >= 4 is 5.82 Å². The van der Waals surface area contributed by atoms with Crippen LogP contribution in [0.4, 0.5) is 14.6 Å². The predicted octanol–water partition coefficient (Wildman–Crippen LogP) is 2.28. The van der Waals surface area contributed by atoms with Crippen molar-refractivity contribution in [2.75, 3.05) is 18.5 Å². The van der Waals surface area contributed by atoms with Crippen LogP contribution >= 0.6 is 0 Å². The van der Waals surface area contributed by atoms with E-state index in [1.807, 2.05) is 26.0 Å². The van der Waals surface area contributed by atoms with Gasteiger partial charge >= 0.3 is 0 Å². The lowest BCUT2D eigenvalue weighted by Gasteiger charge is -2.21. The largest absolute Gasteiger partial charge is 0.354 e. The van der Waals surface area contributed by atoms with Crippen molar-refractivity contribution in [1.29, 1.82) is 0 Å². The summed E-state index contributed by atoms with van der Waals surface area (Å²) in [6.45, 7) is 4.41. The van der Waals surface area contributed by atoms with E-state index >= 15 is 0 Å². The number of nitrogens with one attached hydrogen (secondary N) is 1. The van der Waals surface area contributed by atoms with Crippen LogP contribution in [0.3, 0.4) is 0 Å². The maximum absolute atomic E-state index is 12.3. The quantitative estimate of drug-likeness (QED) is 0.830. The molecule has 0 fully saturated rings. The standard InChI is InChI=1S/C12H19F2N3/c1-9(2)16-7-10-5-4-6-15-12(10)17(3)8-11(13)14/h4-6,9,11,16H,7-8H2,1-3H3. The molecule has 0 bridgehead atoms. The van der Waals surface area contributed by atoms with Crippen molar-refractivity contribution in [3.05, 3.63) is 23.9 Å². The zero-order valence-corrected chi connectivity index (χ0v) is 10.5. The molecule has 17 heavy (non-hydrogen) atoms. The third kappa shape index (κ3) is 4.65. The fraction of sp³-hybridized carbons (Fsp3) is 0.583. The monoisotopic (exact) mass is 243 g/mol. The molecule has 1 aromatic rings. The summed E-state index contributed by atoms with van der Waals surface area (Å²) in [4.78, 5) is 5.65. The average Bonchev–Trinajstić information content (AvgIpc) is 2.25. The fourth-order valence-corrected chi connectivity index (χ4v) is 1.52. The lowest BCUT2D eigenvalue weighted by molar-refractivity contribution is 0.156. The van der Waals surface area contributed by atoms with Gasteiger partial charge < -0.3 is 10.2 Å². The van der Waals surface area contributed by atoms with Crippen molar-refractivity contribution in [2.24, 2.45) is 0 Å². The fourth-order valence-electron chi connectivity index (χ4n) is 1.52. The molecule has 0 spiro atoms. The van der Waals surface area contributed by atoms with E-state index in [2.05, 4.69) is 10.3 Å². The number of nitrogens with zero attached hydrogens (tertiary/aromatic N) is 2. The number of hydrogen-bond donors (Lipinski definition) is 1. The summed E-state index contributed by atoms with van der Waals surface area (Å²) in [5, 5.41) is 3.26. The van der Waals surface area contributed by atoms with Crippen molar-refractivity contribution in [1.82, 2.24) is 10.3 Å². The van der Waals surface area contributed by atoms with Gasteiger partial charge in [-0.05, 0) is 6.07 Å². The highest BCUT2D eigenvalue weighted by molar-refractivity contribution is 5.45. The first-order valence-electron chi connectivity index (χ1n) is 5.67.